The smallest absolute Gasteiger partial charge is 0.290 e. The second kappa shape index (κ2) is 6.37. The van der Waals surface area contributed by atoms with E-state index in [2.05, 4.69) is 10.4 Å². The van der Waals surface area contributed by atoms with E-state index in [9.17, 15) is 14.0 Å². The van der Waals surface area contributed by atoms with Gasteiger partial charge in [-0.25, -0.2) is 9.07 Å². The van der Waals surface area contributed by atoms with Gasteiger partial charge >= 0.3 is 0 Å². The van der Waals surface area contributed by atoms with Crippen LogP contribution in [0.3, 0.4) is 0 Å². The molecule has 1 amide bonds. The van der Waals surface area contributed by atoms with E-state index in [-0.39, 0.29) is 11.4 Å². The van der Waals surface area contributed by atoms with Crippen molar-refractivity contribution in [3.8, 4) is 11.5 Å². The van der Waals surface area contributed by atoms with Crippen LogP contribution < -0.4 is 16.6 Å². The average molecular weight is 328 g/mol. The molecule has 122 valence electrons. The lowest BCUT2D eigenvalue weighted by Crippen LogP contribution is -2.31. The van der Waals surface area contributed by atoms with Crippen molar-refractivity contribution in [2.75, 3.05) is 11.1 Å². The summed E-state index contributed by atoms with van der Waals surface area (Å²) in [4.78, 5) is 24.1. The number of nitrogens with two attached hydrogens (primary N) is 1. The number of nitrogen functional groups attached to an aromatic ring is 1. The maximum Gasteiger partial charge on any atom is 0.290 e. The lowest BCUT2D eigenvalue weighted by atomic mass is 10.3. The molecule has 0 bridgehead atoms. The Kier molecular flexibility index (Phi) is 4.11. The first-order chi connectivity index (χ1) is 11.5. The first-order valence-corrected chi connectivity index (χ1v) is 7.00. The number of aromatic nitrogens is 2. The Morgan fingerprint density at radius 1 is 1.29 bits per heavy atom. The summed E-state index contributed by atoms with van der Waals surface area (Å²) < 4.78 is 19.7. The van der Waals surface area contributed by atoms with E-state index in [4.69, 9.17) is 10.2 Å². The minimum Gasteiger partial charge on any atom is -0.463 e. The third-order valence-electron chi connectivity index (χ3n) is 3.22. The van der Waals surface area contributed by atoms with Crippen LogP contribution in [0.25, 0.3) is 11.5 Å². The molecule has 0 spiro atoms. The van der Waals surface area contributed by atoms with Crippen molar-refractivity contribution >= 4 is 17.3 Å². The fraction of sp³-hybridized carbons (Fsp3) is 0.0625. The molecule has 0 aliphatic heterocycles. The summed E-state index contributed by atoms with van der Waals surface area (Å²) in [7, 11) is 0. The summed E-state index contributed by atoms with van der Waals surface area (Å²) in [6.07, 6.45) is 1.45. The average Bonchev–Trinajstić information content (AvgIpc) is 3.08. The SMILES string of the molecule is Nc1cc(-c2ccco2)nn(CC(=O)Nc2ccccc2F)c1=O. The number of hydrogen-bond acceptors (Lipinski definition) is 5. The highest BCUT2D eigenvalue weighted by Gasteiger charge is 2.13. The quantitative estimate of drug-likeness (QED) is 0.761. The highest BCUT2D eigenvalue weighted by atomic mass is 19.1. The van der Waals surface area contributed by atoms with Gasteiger partial charge in [-0.2, -0.15) is 5.10 Å². The number of rotatable bonds is 4. The summed E-state index contributed by atoms with van der Waals surface area (Å²) in [6.45, 7) is -0.411. The van der Waals surface area contributed by atoms with Crippen LogP contribution >= 0.6 is 0 Å². The van der Waals surface area contributed by atoms with Gasteiger partial charge in [-0.1, -0.05) is 12.1 Å². The Morgan fingerprint density at radius 3 is 2.79 bits per heavy atom. The third kappa shape index (κ3) is 3.17. The molecule has 8 heteroatoms. The van der Waals surface area contributed by atoms with Crippen molar-refractivity contribution in [3.05, 3.63) is 64.9 Å². The van der Waals surface area contributed by atoms with Gasteiger partial charge in [-0.05, 0) is 30.3 Å². The molecule has 0 saturated heterocycles. The maximum atomic E-state index is 13.6. The largest absolute Gasteiger partial charge is 0.463 e. The van der Waals surface area contributed by atoms with Crippen LogP contribution in [-0.4, -0.2) is 15.7 Å². The molecule has 0 aliphatic carbocycles. The molecule has 0 radical (unpaired) electrons. The zero-order valence-electron chi connectivity index (χ0n) is 12.4. The Labute approximate surface area is 135 Å². The second-order valence-corrected chi connectivity index (χ2v) is 4.95. The molecule has 3 rings (SSSR count). The molecule has 0 saturated carbocycles. The van der Waals surface area contributed by atoms with Crippen molar-refractivity contribution < 1.29 is 13.6 Å². The number of carbonyl (C=O) groups excluding carboxylic acids is 1. The number of carbonyl (C=O) groups is 1. The molecule has 2 heterocycles. The van der Waals surface area contributed by atoms with Gasteiger partial charge in [0.25, 0.3) is 5.56 Å². The van der Waals surface area contributed by atoms with Crippen LogP contribution in [0.2, 0.25) is 0 Å². The van der Waals surface area contributed by atoms with Crippen molar-refractivity contribution in [2.24, 2.45) is 0 Å². The monoisotopic (exact) mass is 328 g/mol. The molecule has 3 N–H and O–H groups in total. The summed E-state index contributed by atoms with van der Waals surface area (Å²) >= 11 is 0. The number of nitrogens with zero attached hydrogens (tertiary/aromatic N) is 2. The predicted molar refractivity (Wildman–Crippen MR) is 85.6 cm³/mol. The van der Waals surface area contributed by atoms with Gasteiger partial charge in [0.1, 0.15) is 23.7 Å². The zero-order valence-corrected chi connectivity index (χ0v) is 12.4. The number of para-hydroxylation sites is 1. The standard InChI is InChI=1S/C16H13FN4O3/c17-10-4-1-2-5-12(10)19-15(22)9-21-16(23)11(18)8-13(20-21)14-6-3-7-24-14/h1-8H,9,18H2,(H,19,22). The maximum absolute atomic E-state index is 13.6. The summed E-state index contributed by atoms with van der Waals surface area (Å²) in [5, 5.41) is 6.44. The number of nitrogens with one attached hydrogen (secondary N) is 1. The van der Waals surface area contributed by atoms with Gasteiger partial charge in [0.2, 0.25) is 5.91 Å². The molecule has 0 atom stereocenters. The zero-order chi connectivity index (χ0) is 17.1. The predicted octanol–water partition coefficient (Wildman–Crippen LogP) is 1.86. The van der Waals surface area contributed by atoms with E-state index in [0.29, 0.717) is 11.5 Å². The molecule has 0 fully saturated rings. The van der Waals surface area contributed by atoms with Gasteiger partial charge in [0.15, 0.2) is 5.76 Å². The van der Waals surface area contributed by atoms with E-state index in [1.165, 1.54) is 30.5 Å². The van der Waals surface area contributed by atoms with Crippen LogP contribution in [0.4, 0.5) is 15.8 Å². The highest BCUT2D eigenvalue weighted by Crippen LogP contribution is 2.17. The van der Waals surface area contributed by atoms with Crippen LogP contribution in [-0.2, 0) is 11.3 Å². The molecular weight excluding hydrogens is 315 g/mol. The van der Waals surface area contributed by atoms with Gasteiger partial charge in [0.05, 0.1) is 12.0 Å². The molecule has 24 heavy (non-hydrogen) atoms. The van der Waals surface area contributed by atoms with E-state index < -0.39 is 23.8 Å². The van der Waals surface area contributed by atoms with Gasteiger partial charge < -0.3 is 15.5 Å². The number of hydrogen-bond donors (Lipinski definition) is 2. The number of amides is 1. The van der Waals surface area contributed by atoms with Gasteiger partial charge in [0, 0.05) is 0 Å². The first kappa shape index (κ1) is 15.5. The Bertz CT molecular complexity index is 935. The second-order valence-electron chi connectivity index (χ2n) is 4.95. The number of furan rings is 1. The van der Waals surface area contributed by atoms with Crippen LogP contribution in [0.1, 0.15) is 0 Å². The summed E-state index contributed by atoms with van der Waals surface area (Å²) in [5.41, 5.74) is 5.32. The Morgan fingerprint density at radius 2 is 2.08 bits per heavy atom. The molecule has 2 aromatic heterocycles. The van der Waals surface area contributed by atoms with Crippen LogP contribution in [0, 0.1) is 5.82 Å². The van der Waals surface area contributed by atoms with Gasteiger partial charge in [-0.15, -0.1) is 0 Å². The minimum atomic E-state index is -0.617. The Balaban J connectivity index is 1.85. The first-order valence-electron chi connectivity index (χ1n) is 7.00. The number of benzene rings is 1. The van der Waals surface area contributed by atoms with E-state index in [0.717, 1.165) is 4.68 Å². The molecule has 0 unspecified atom stereocenters. The molecule has 0 aliphatic rings. The van der Waals surface area contributed by atoms with Crippen molar-refractivity contribution in [2.45, 2.75) is 6.54 Å². The number of anilines is 2. The van der Waals surface area contributed by atoms with E-state index in [1.807, 2.05) is 0 Å². The van der Waals surface area contributed by atoms with E-state index in [1.54, 1.807) is 18.2 Å². The third-order valence-corrected chi connectivity index (χ3v) is 3.22. The molecule has 3 aromatic rings. The van der Waals surface area contributed by atoms with Gasteiger partial charge in [-0.3, -0.25) is 9.59 Å². The van der Waals surface area contributed by atoms with E-state index >= 15 is 0 Å². The molecular formula is C16H13FN4O3. The van der Waals surface area contributed by atoms with Crippen LogP contribution in [0.5, 0.6) is 0 Å². The van der Waals surface area contributed by atoms with Crippen molar-refractivity contribution in [3.63, 3.8) is 0 Å². The van der Waals surface area contributed by atoms with Crippen molar-refractivity contribution in [1.29, 1.82) is 0 Å². The van der Waals surface area contributed by atoms with Crippen molar-refractivity contribution in [1.82, 2.24) is 9.78 Å². The fourth-order valence-corrected chi connectivity index (χ4v) is 2.10. The lowest BCUT2D eigenvalue weighted by molar-refractivity contribution is -0.117. The molecule has 7 nitrogen and oxygen atoms in total. The minimum absolute atomic E-state index is 0.0192. The lowest BCUT2D eigenvalue weighted by Gasteiger charge is -2.09. The number of halogens is 1. The fourth-order valence-electron chi connectivity index (χ4n) is 2.10. The highest BCUT2D eigenvalue weighted by molar-refractivity contribution is 5.90. The summed E-state index contributed by atoms with van der Waals surface area (Å²) in [5.74, 6) is -0.773. The summed E-state index contributed by atoms with van der Waals surface area (Å²) in [6, 6.07) is 10.4. The van der Waals surface area contributed by atoms with Crippen LogP contribution in [0.15, 0.2) is 57.9 Å². The topological polar surface area (TPSA) is 103 Å². The Hall–Kier alpha value is -3.42. The molecule has 1 aromatic carbocycles. The normalized spacial score (nSPS) is 10.5.